The van der Waals surface area contributed by atoms with Gasteiger partial charge in [0.2, 0.25) is 0 Å². The highest BCUT2D eigenvalue weighted by molar-refractivity contribution is 6.09. The number of benzene rings is 2. The van der Waals surface area contributed by atoms with Gasteiger partial charge in [-0.05, 0) is 61.6 Å². The second kappa shape index (κ2) is 6.93. The molecule has 0 radical (unpaired) electrons. The fraction of sp³-hybridized carbons (Fsp3) is 0.174. The van der Waals surface area contributed by atoms with Gasteiger partial charge in [-0.2, -0.15) is 0 Å². The van der Waals surface area contributed by atoms with Gasteiger partial charge in [-0.15, -0.1) is 0 Å². The number of anilines is 1. The normalized spacial score (nSPS) is 11.2. The highest BCUT2D eigenvalue weighted by Crippen LogP contribution is 2.28. The Labute approximate surface area is 162 Å². The number of carboxylic acids is 1. The van der Waals surface area contributed by atoms with E-state index in [-0.39, 0.29) is 5.56 Å². The number of carbonyl (C=O) groups is 1. The molecule has 4 aromatic rings. The summed E-state index contributed by atoms with van der Waals surface area (Å²) in [7, 11) is 0. The van der Waals surface area contributed by atoms with Crippen molar-refractivity contribution in [1.82, 2.24) is 9.97 Å². The van der Waals surface area contributed by atoms with Crippen LogP contribution in [0.3, 0.4) is 0 Å². The maximum atomic E-state index is 11.2. The van der Waals surface area contributed by atoms with Crippen molar-refractivity contribution in [2.24, 2.45) is 0 Å². The number of nitrogen functional groups attached to an aromatic ring is 1. The molecule has 0 saturated carbocycles. The molecule has 0 fully saturated rings. The molecule has 4 rings (SSSR count). The van der Waals surface area contributed by atoms with Gasteiger partial charge in [0.15, 0.2) is 5.82 Å². The Morgan fingerprint density at radius 1 is 1.04 bits per heavy atom. The van der Waals surface area contributed by atoms with Gasteiger partial charge in [0.25, 0.3) is 0 Å². The number of aromatic carboxylic acids is 1. The van der Waals surface area contributed by atoms with Gasteiger partial charge in [-0.1, -0.05) is 29.8 Å². The van der Waals surface area contributed by atoms with E-state index in [0.717, 1.165) is 29.2 Å². The summed E-state index contributed by atoms with van der Waals surface area (Å²) in [5, 5.41) is 11.0. The Morgan fingerprint density at radius 2 is 1.86 bits per heavy atom. The Bertz CT molecular complexity index is 1230. The molecule has 0 unspecified atom stereocenters. The van der Waals surface area contributed by atoms with Gasteiger partial charge in [-0.3, -0.25) is 4.98 Å². The fourth-order valence-corrected chi connectivity index (χ4v) is 3.63. The van der Waals surface area contributed by atoms with Crippen LogP contribution in [0.4, 0.5) is 5.82 Å². The molecular weight excluding hydrogens is 350 g/mol. The summed E-state index contributed by atoms with van der Waals surface area (Å²) in [6.07, 6.45) is 3.64. The van der Waals surface area contributed by atoms with E-state index in [1.165, 1.54) is 16.7 Å². The third kappa shape index (κ3) is 3.27. The molecule has 0 aliphatic carbocycles. The number of fused-ring (bicyclic) bond motifs is 3. The lowest BCUT2D eigenvalue weighted by Gasteiger charge is -2.10. The van der Waals surface area contributed by atoms with E-state index in [0.29, 0.717) is 16.9 Å². The number of hydrogen-bond donors (Lipinski definition) is 2. The van der Waals surface area contributed by atoms with Crippen LogP contribution in [-0.4, -0.2) is 21.0 Å². The van der Waals surface area contributed by atoms with Crippen molar-refractivity contribution in [3.8, 4) is 0 Å². The Balaban J connectivity index is 1.74. The highest BCUT2D eigenvalue weighted by atomic mass is 16.4. The van der Waals surface area contributed by atoms with Crippen LogP contribution in [0.5, 0.6) is 0 Å². The molecule has 0 saturated heterocycles. The topological polar surface area (TPSA) is 89.1 Å². The van der Waals surface area contributed by atoms with Crippen LogP contribution in [0.1, 0.15) is 32.6 Å². The van der Waals surface area contributed by atoms with Crippen molar-refractivity contribution in [3.63, 3.8) is 0 Å². The molecule has 0 amide bonds. The lowest BCUT2D eigenvalue weighted by Crippen LogP contribution is -2.00. The minimum absolute atomic E-state index is 0.192. The summed E-state index contributed by atoms with van der Waals surface area (Å²) in [6, 6.07) is 13.5. The number of aromatic nitrogens is 2. The second-order valence-electron chi connectivity index (χ2n) is 7.20. The van der Waals surface area contributed by atoms with Crippen molar-refractivity contribution in [3.05, 3.63) is 76.5 Å². The zero-order valence-electron chi connectivity index (χ0n) is 15.9. The van der Waals surface area contributed by atoms with E-state index in [4.69, 9.17) is 5.73 Å². The molecule has 0 spiro atoms. The highest BCUT2D eigenvalue weighted by Gasteiger charge is 2.11. The number of aryl methyl sites for hydroxylation is 4. The maximum absolute atomic E-state index is 11.2. The molecule has 2 aromatic heterocycles. The third-order valence-corrected chi connectivity index (χ3v) is 5.14. The Hall–Kier alpha value is -3.47. The monoisotopic (exact) mass is 371 g/mol. The first-order valence-corrected chi connectivity index (χ1v) is 9.19. The van der Waals surface area contributed by atoms with Crippen molar-refractivity contribution in [2.45, 2.75) is 26.7 Å². The molecule has 140 valence electrons. The summed E-state index contributed by atoms with van der Waals surface area (Å²) in [5.74, 6) is -0.673. The van der Waals surface area contributed by atoms with Gasteiger partial charge in [-0.25, -0.2) is 9.78 Å². The lowest BCUT2D eigenvalue weighted by molar-refractivity contribution is 0.0697. The average molecular weight is 371 g/mol. The molecule has 3 N–H and O–H groups in total. The smallest absolute Gasteiger partial charge is 0.335 e. The minimum atomic E-state index is -0.984. The molecule has 0 aliphatic heterocycles. The summed E-state index contributed by atoms with van der Waals surface area (Å²) < 4.78 is 0. The standard InChI is InChI=1S/C23H21N3O2/c1-13-3-5-16(14(2)9-13)6-4-15-10-19-18-8-7-17(23(27)28)11-20(18)26-22(24)21(19)25-12-15/h3,5,7-12H,4,6H2,1-2H3,(H2,24,26)(H,27,28). The zero-order chi connectivity index (χ0) is 19.8. The molecule has 28 heavy (non-hydrogen) atoms. The summed E-state index contributed by atoms with van der Waals surface area (Å²) in [5.41, 5.74) is 12.5. The number of hydrogen-bond acceptors (Lipinski definition) is 4. The van der Waals surface area contributed by atoms with E-state index in [1.54, 1.807) is 18.2 Å². The zero-order valence-corrected chi connectivity index (χ0v) is 15.9. The number of carboxylic acid groups (broad SMARTS) is 1. The SMILES string of the molecule is Cc1ccc(CCc2cnc3c(N)nc4cc(C(=O)O)ccc4c3c2)c(C)c1. The van der Waals surface area contributed by atoms with Gasteiger partial charge >= 0.3 is 5.97 Å². The molecule has 0 atom stereocenters. The van der Waals surface area contributed by atoms with E-state index in [1.807, 2.05) is 6.20 Å². The van der Waals surface area contributed by atoms with E-state index >= 15 is 0 Å². The van der Waals surface area contributed by atoms with E-state index in [2.05, 4.69) is 48.1 Å². The van der Waals surface area contributed by atoms with Crippen LogP contribution in [0, 0.1) is 13.8 Å². The predicted octanol–water partition coefficient (Wildman–Crippen LogP) is 4.47. The van der Waals surface area contributed by atoms with Crippen LogP contribution in [0.15, 0.2) is 48.7 Å². The van der Waals surface area contributed by atoms with Gasteiger partial charge < -0.3 is 10.8 Å². The van der Waals surface area contributed by atoms with Crippen molar-refractivity contribution >= 4 is 33.6 Å². The summed E-state index contributed by atoms with van der Waals surface area (Å²) >= 11 is 0. The van der Waals surface area contributed by atoms with Crippen LogP contribution < -0.4 is 5.73 Å². The first kappa shape index (κ1) is 17.9. The largest absolute Gasteiger partial charge is 0.478 e. The molecule has 0 aliphatic rings. The number of rotatable bonds is 4. The molecule has 5 heteroatoms. The van der Waals surface area contributed by atoms with Crippen molar-refractivity contribution < 1.29 is 9.90 Å². The van der Waals surface area contributed by atoms with Crippen LogP contribution in [0.25, 0.3) is 21.8 Å². The minimum Gasteiger partial charge on any atom is -0.478 e. The Morgan fingerprint density at radius 3 is 2.61 bits per heavy atom. The van der Waals surface area contributed by atoms with E-state index in [9.17, 15) is 9.90 Å². The number of pyridine rings is 2. The van der Waals surface area contributed by atoms with Crippen LogP contribution in [0.2, 0.25) is 0 Å². The molecule has 2 aromatic carbocycles. The quantitative estimate of drug-likeness (QED) is 0.517. The fourth-order valence-electron chi connectivity index (χ4n) is 3.63. The first-order chi connectivity index (χ1) is 13.4. The van der Waals surface area contributed by atoms with Crippen LogP contribution >= 0.6 is 0 Å². The van der Waals surface area contributed by atoms with E-state index < -0.39 is 5.97 Å². The first-order valence-electron chi connectivity index (χ1n) is 9.19. The molecule has 0 bridgehead atoms. The second-order valence-corrected chi connectivity index (χ2v) is 7.20. The number of nitrogens with two attached hydrogens (primary N) is 1. The maximum Gasteiger partial charge on any atom is 0.335 e. The van der Waals surface area contributed by atoms with Gasteiger partial charge in [0.05, 0.1) is 11.1 Å². The predicted molar refractivity (Wildman–Crippen MR) is 112 cm³/mol. The molecule has 5 nitrogen and oxygen atoms in total. The van der Waals surface area contributed by atoms with Crippen molar-refractivity contribution in [1.29, 1.82) is 0 Å². The average Bonchev–Trinajstić information content (AvgIpc) is 2.67. The van der Waals surface area contributed by atoms with Crippen LogP contribution in [-0.2, 0) is 12.8 Å². The molecule has 2 heterocycles. The Kier molecular flexibility index (Phi) is 4.43. The van der Waals surface area contributed by atoms with Gasteiger partial charge in [0, 0.05) is 17.0 Å². The summed E-state index contributed by atoms with van der Waals surface area (Å²) in [4.78, 5) is 20.1. The number of nitrogens with zero attached hydrogens (tertiary/aromatic N) is 2. The third-order valence-electron chi connectivity index (χ3n) is 5.14. The summed E-state index contributed by atoms with van der Waals surface area (Å²) in [6.45, 7) is 4.24. The van der Waals surface area contributed by atoms with Gasteiger partial charge in [0.1, 0.15) is 5.52 Å². The molecular formula is C23H21N3O2. The lowest BCUT2D eigenvalue weighted by atomic mass is 9.98. The van der Waals surface area contributed by atoms with Crippen molar-refractivity contribution in [2.75, 3.05) is 5.73 Å².